The van der Waals surface area contributed by atoms with E-state index in [1.165, 1.54) is 5.69 Å². The number of hydrogen-bond donors (Lipinski definition) is 1. The van der Waals surface area contributed by atoms with E-state index in [4.69, 9.17) is 4.99 Å². The first-order valence-corrected chi connectivity index (χ1v) is 10.2. The molecule has 2 heterocycles. The molecule has 0 fully saturated rings. The predicted octanol–water partition coefficient (Wildman–Crippen LogP) is 3.14. The van der Waals surface area contributed by atoms with E-state index >= 15 is 0 Å². The molecule has 2 aromatic rings. The Bertz CT molecular complexity index is 824. The molecule has 0 aliphatic rings. The maximum absolute atomic E-state index is 11.9. The molecular weight excluding hydrogens is 406 g/mol. The van der Waals surface area contributed by atoms with E-state index in [2.05, 4.69) is 56.9 Å². The summed E-state index contributed by atoms with van der Waals surface area (Å²) in [5, 5.41) is 3.36. The smallest absolute Gasteiger partial charge is 0.250 e. The van der Waals surface area contributed by atoms with Crippen LogP contribution in [0.25, 0.3) is 0 Å². The van der Waals surface area contributed by atoms with Crippen molar-refractivity contribution >= 4 is 21.9 Å². The minimum atomic E-state index is 0.0697. The van der Waals surface area contributed by atoms with Crippen LogP contribution in [0.4, 0.5) is 0 Å². The van der Waals surface area contributed by atoms with Gasteiger partial charge in [-0.2, -0.15) is 0 Å². The number of guanidine groups is 1. The summed E-state index contributed by atoms with van der Waals surface area (Å²) in [4.78, 5) is 18.8. The van der Waals surface area contributed by atoms with Crippen LogP contribution >= 0.6 is 15.9 Å². The van der Waals surface area contributed by atoms with E-state index in [9.17, 15) is 4.79 Å². The number of nitrogens with zero attached hydrogens (tertiary/aromatic N) is 4. The normalized spacial score (nSPS) is 11.7. The predicted molar refractivity (Wildman–Crippen MR) is 115 cm³/mol. The summed E-state index contributed by atoms with van der Waals surface area (Å²) in [6.07, 6.45) is 3.93. The van der Waals surface area contributed by atoms with Crippen LogP contribution in [0.1, 0.15) is 31.2 Å². The zero-order chi connectivity index (χ0) is 19.8. The average Bonchev–Trinajstić information content (AvgIpc) is 2.93. The van der Waals surface area contributed by atoms with Crippen LogP contribution in [0.15, 0.2) is 44.7 Å². The minimum Gasteiger partial charge on any atom is -0.357 e. The van der Waals surface area contributed by atoms with E-state index in [1.807, 2.05) is 30.7 Å². The van der Waals surface area contributed by atoms with Gasteiger partial charge in [0.05, 0.1) is 6.54 Å². The van der Waals surface area contributed by atoms with Crippen molar-refractivity contribution in [3.63, 3.8) is 0 Å². The first kappa shape index (κ1) is 21.3. The van der Waals surface area contributed by atoms with Crippen LogP contribution in [0.2, 0.25) is 0 Å². The van der Waals surface area contributed by atoms with Crippen molar-refractivity contribution in [1.29, 1.82) is 0 Å². The highest BCUT2D eigenvalue weighted by atomic mass is 79.9. The zero-order valence-electron chi connectivity index (χ0n) is 16.7. The summed E-state index contributed by atoms with van der Waals surface area (Å²) >= 11 is 3.52. The van der Waals surface area contributed by atoms with E-state index in [-0.39, 0.29) is 5.56 Å². The summed E-state index contributed by atoms with van der Waals surface area (Å²) in [7, 11) is 4.10. The molecule has 27 heavy (non-hydrogen) atoms. The lowest BCUT2D eigenvalue weighted by Crippen LogP contribution is -2.38. The first-order chi connectivity index (χ1) is 12.9. The van der Waals surface area contributed by atoms with Crippen molar-refractivity contribution in [2.75, 3.05) is 20.1 Å². The van der Waals surface area contributed by atoms with Gasteiger partial charge >= 0.3 is 0 Å². The number of aryl methyl sites for hydroxylation is 2. The molecule has 148 valence electrons. The highest BCUT2D eigenvalue weighted by Crippen LogP contribution is 2.15. The largest absolute Gasteiger partial charge is 0.357 e. The van der Waals surface area contributed by atoms with Crippen LogP contribution in [-0.4, -0.2) is 40.1 Å². The molecule has 0 amide bonds. The van der Waals surface area contributed by atoms with Gasteiger partial charge in [-0.3, -0.25) is 9.79 Å². The zero-order valence-corrected chi connectivity index (χ0v) is 18.3. The SMILES string of the molecule is CCNC(=NCCCCn1c(C)cccc1=O)N(C)Cc1cc(Br)cn1C. The molecule has 2 rings (SSSR count). The highest BCUT2D eigenvalue weighted by Gasteiger charge is 2.09. The Labute approximate surface area is 170 Å². The molecule has 0 aliphatic carbocycles. The van der Waals surface area contributed by atoms with E-state index < -0.39 is 0 Å². The Balaban J connectivity index is 1.89. The van der Waals surface area contributed by atoms with E-state index in [0.717, 1.165) is 55.1 Å². The number of aliphatic imine (C=N–C) groups is 1. The molecule has 0 aliphatic heterocycles. The van der Waals surface area contributed by atoms with Crippen molar-refractivity contribution in [2.24, 2.45) is 12.0 Å². The monoisotopic (exact) mass is 435 g/mol. The van der Waals surface area contributed by atoms with E-state index in [1.54, 1.807) is 6.07 Å². The molecule has 6 nitrogen and oxygen atoms in total. The van der Waals surface area contributed by atoms with Gasteiger partial charge in [-0.1, -0.05) is 6.07 Å². The molecule has 2 aromatic heterocycles. The van der Waals surface area contributed by atoms with Crippen LogP contribution in [0, 0.1) is 6.92 Å². The topological polar surface area (TPSA) is 54.6 Å². The molecule has 0 saturated carbocycles. The number of pyridine rings is 1. The third-order valence-corrected chi connectivity index (χ3v) is 4.92. The average molecular weight is 436 g/mol. The lowest BCUT2D eigenvalue weighted by molar-refractivity contribution is 0.461. The number of hydrogen-bond acceptors (Lipinski definition) is 2. The minimum absolute atomic E-state index is 0.0697. The maximum atomic E-state index is 11.9. The fourth-order valence-corrected chi connectivity index (χ4v) is 3.56. The van der Waals surface area contributed by atoms with E-state index in [0.29, 0.717) is 0 Å². The first-order valence-electron chi connectivity index (χ1n) is 9.39. The van der Waals surface area contributed by atoms with Gasteiger partial charge in [-0.25, -0.2) is 0 Å². The van der Waals surface area contributed by atoms with Gasteiger partial charge in [-0.05, 0) is 54.8 Å². The highest BCUT2D eigenvalue weighted by molar-refractivity contribution is 9.10. The molecular formula is C20H30BrN5O. The summed E-state index contributed by atoms with van der Waals surface area (Å²) in [5.74, 6) is 0.905. The second kappa shape index (κ2) is 10.3. The Kier molecular flexibility index (Phi) is 8.16. The summed E-state index contributed by atoms with van der Waals surface area (Å²) in [6, 6.07) is 7.52. The van der Waals surface area contributed by atoms with Gasteiger partial charge in [0.2, 0.25) is 0 Å². The third kappa shape index (κ3) is 6.27. The summed E-state index contributed by atoms with van der Waals surface area (Å²) in [5.41, 5.74) is 2.29. The number of unbranched alkanes of at least 4 members (excludes halogenated alkanes) is 1. The third-order valence-electron chi connectivity index (χ3n) is 4.49. The number of nitrogens with one attached hydrogen (secondary N) is 1. The van der Waals surface area contributed by atoms with Crippen LogP contribution in [-0.2, 0) is 20.1 Å². The second-order valence-electron chi connectivity index (χ2n) is 6.72. The molecule has 0 atom stereocenters. The molecule has 1 N–H and O–H groups in total. The maximum Gasteiger partial charge on any atom is 0.250 e. The lowest BCUT2D eigenvalue weighted by Gasteiger charge is -2.22. The van der Waals surface area contributed by atoms with Gasteiger partial charge in [0.25, 0.3) is 5.56 Å². The van der Waals surface area contributed by atoms with Crippen molar-refractivity contribution in [2.45, 2.75) is 39.8 Å². The fourth-order valence-electron chi connectivity index (χ4n) is 2.99. The molecule has 0 bridgehead atoms. The van der Waals surface area contributed by atoms with Gasteiger partial charge in [-0.15, -0.1) is 0 Å². The van der Waals surface area contributed by atoms with Crippen molar-refractivity contribution < 1.29 is 0 Å². The molecule has 7 heteroatoms. The van der Waals surface area contributed by atoms with Gasteiger partial charge < -0.3 is 19.4 Å². The molecule has 0 aromatic carbocycles. The van der Waals surface area contributed by atoms with Crippen LogP contribution in [0.5, 0.6) is 0 Å². The summed E-state index contributed by atoms with van der Waals surface area (Å²) in [6.45, 7) is 7.15. The van der Waals surface area contributed by atoms with Crippen molar-refractivity contribution in [1.82, 2.24) is 19.4 Å². The quantitative estimate of drug-likeness (QED) is 0.393. The van der Waals surface area contributed by atoms with Gasteiger partial charge in [0, 0.05) is 61.9 Å². The van der Waals surface area contributed by atoms with Gasteiger partial charge in [0.15, 0.2) is 5.96 Å². The molecule has 0 radical (unpaired) electrons. The standard InChI is InChI=1S/C20H30BrN5O/c1-5-22-20(25(4)15-18-13-17(21)14-24(18)3)23-11-6-7-12-26-16(2)9-8-10-19(26)27/h8-10,13-14H,5-7,11-12,15H2,1-4H3,(H,22,23). The Morgan fingerprint density at radius 1 is 1.33 bits per heavy atom. The Morgan fingerprint density at radius 3 is 2.74 bits per heavy atom. The Hall–Kier alpha value is -2.02. The number of aromatic nitrogens is 2. The molecule has 0 unspecified atom stereocenters. The lowest BCUT2D eigenvalue weighted by atomic mass is 10.3. The number of halogens is 1. The molecule has 0 saturated heterocycles. The Morgan fingerprint density at radius 2 is 2.11 bits per heavy atom. The van der Waals surface area contributed by atoms with Crippen LogP contribution < -0.4 is 10.9 Å². The van der Waals surface area contributed by atoms with Crippen LogP contribution in [0.3, 0.4) is 0 Å². The molecule has 0 spiro atoms. The summed E-state index contributed by atoms with van der Waals surface area (Å²) < 4.78 is 5.03. The van der Waals surface area contributed by atoms with Gasteiger partial charge in [0.1, 0.15) is 0 Å². The number of rotatable bonds is 8. The van der Waals surface area contributed by atoms with Crippen molar-refractivity contribution in [3.8, 4) is 0 Å². The fraction of sp³-hybridized carbons (Fsp3) is 0.500. The second-order valence-corrected chi connectivity index (χ2v) is 7.63. The van der Waals surface area contributed by atoms with Crippen molar-refractivity contribution in [3.05, 3.63) is 56.7 Å².